The lowest BCUT2D eigenvalue weighted by atomic mass is 10.0. The fourth-order valence-corrected chi connectivity index (χ4v) is 5.75. The molecule has 1 amide bonds. The molecule has 0 aliphatic carbocycles. The van der Waals surface area contributed by atoms with Crippen LogP contribution < -0.4 is 4.72 Å². The number of amides is 1. The van der Waals surface area contributed by atoms with Gasteiger partial charge in [-0.1, -0.05) is 12.1 Å². The van der Waals surface area contributed by atoms with Crippen molar-refractivity contribution < 1.29 is 17.6 Å². The molecule has 1 fully saturated rings. The second kappa shape index (κ2) is 7.71. The van der Waals surface area contributed by atoms with Crippen LogP contribution in [0.15, 0.2) is 33.6 Å². The highest BCUT2D eigenvalue weighted by Crippen LogP contribution is 2.36. The van der Waals surface area contributed by atoms with Gasteiger partial charge in [-0.15, -0.1) is 0 Å². The maximum atomic E-state index is 13.5. The molecule has 164 valence electrons. The quantitative estimate of drug-likeness (QED) is 0.618. The highest BCUT2D eigenvalue weighted by molar-refractivity contribution is 7.93. The van der Waals surface area contributed by atoms with Crippen molar-refractivity contribution in [2.24, 2.45) is 0 Å². The van der Waals surface area contributed by atoms with Gasteiger partial charge < -0.3 is 9.32 Å². The number of sulfonamides is 1. The van der Waals surface area contributed by atoms with Crippen LogP contribution in [-0.4, -0.2) is 32.3 Å². The van der Waals surface area contributed by atoms with E-state index in [2.05, 4.69) is 4.72 Å². The van der Waals surface area contributed by atoms with E-state index in [0.717, 1.165) is 29.5 Å². The molecule has 1 aromatic heterocycles. The summed E-state index contributed by atoms with van der Waals surface area (Å²) in [4.78, 5) is 14.9. The molecule has 0 unspecified atom stereocenters. The van der Waals surface area contributed by atoms with E-state index in [1.165, 1.54) is 0 Å². The summed E-state index contributed by atoms with van der Waals surface area (Å²) in [5.74, 6) is 0.0532. The Morgan fingerprint density at radius 1 is 0.968 bits per heavy atom. The number of hydrogen-bond donors (Lipinski definition) is 1. The van der Waals surface area contributed by atoms with E-state index in [-0.39, 0.29) is 22.1 Å². The number of anilines is 1. The lowest BCUT2D eigenvalue weighted by Gasteiger charge is -2.15. The van der Waals surface area contributed by atoms with Gasteiger partial charge in [0.25, 0.3) is 15.9 Å². The Morgan fingerprint density at radius 2 is 1.65 bits per heavy atom. The van der Waals surface area contributed by atoms with Gasteiger partial charge in [0.2, 0.25) is 0 Å². The van der Waals surface area contributed by atoms with Gasteiger partial charge >= 0.3 is 0 Å². The van der Waals surface area contributed by atoms with Crippen molar-refractivity contribution in [1.29, 1.82) is 0 Å². The number of likely N-dealkylation sites (tertiary alicyclic amines) is 1. The number of carbonyl (C=O) groups excluding carboxylic acids is 1. The van der Waals surface area contributed by atoms with Gasteiger partial charge in [-0.2, -0.15) is 0 Å². The fourth-order valence-electron chi connectivity index (χ4n) is 4.18. The van der Waals surface area contributed by atoms with Crippen LogP contribution in [0.1, 0.15) is 51.2 Å². The van der Waals surface area contributed by atoms with Gasteiger partial charge in [-0.05, 0) is 81.8 Å². The minimum Gasteiger partial charge on any atom is -0.449 e. The molecule has 1 aliphatic heterocycles. The topological polar surface area (TPSA) is 79.6 Å². The first-order valence-electron chi connectivity index (χ1n) is 10.5. The minimum atomic E-state index is -3.95. The molecule has 0 bridgehead atoms. The first kappa shape index (κ1) is 21.4. The number of rotatable bonds is 4. The number of nitrogens with zero attached hydrogens (tertiary/aromatic N) is 1. The SMILES string of the molecule is Cc1ccc(C)c(NS(=O)(=O)c2c(C)c(C)cc3c(C)c(C(=O)N4CCCC4)oc23)c1. The minimum absolute atomic E-state index is 0.0898. The molecule has 0 saturated carbocycles. The molecule has 0 spiro atoms. The van der Waals surface area contributed by atoms with Gasteiger partial charge in [0, 0.05) is 24.0 Å². The number of aryl methyl sites for hydroxylation is 4. The molecule has 2 aromatic carbocycles. The molecule has 1 N–H and O–H groups in total. The lowest BCUT2D eigenvalue weighted by molar-refractivity contribution is 0.0762. The Morgan fingerprint density at radius 3 is 2.32 bits per heavy atom. The predicted octanol–water partition coefficient (Wildman–Crippen LogP) is 5.01. The van der Waals surface area contributed by atoms with Crippen molar-refractivity contribution in [1.82, 2.24) is 4.90 Å². The largest absolute Gasteiger partial charge is 0.449 e. The van der Waals surface area contributed by atoms with Crippen LogP contribution >= 0.6 is 0 Å². The lowest BCUT2D eigenvalue weighted by Crippen LogP contribution is -2.27. The summed E-state index contributed by atoms with van der Waals surface area (Å²) >= 11 is 0. The molecule has 7 heteroatoms. The maximum absolute atomic E-state index is 13.5. The second-order valence-corrected chi connectivity index (χ2v) is 10.1. The van der Waals surface area contributed by atoms with E-state index in [9.17, 15) is 13.2 Å². The van der Waals surface area contributed by atoms with Gasteiger partial charge in [-0.25, -0.2) is 8.42 Å². The third kappa shape index (κ3) is 3.71. The van der Waals surface area contributed by atoms with Crippen molar-refractivity contribution >= 4 is 32.6 Å². The summed E-state index contributed by atoms with van der Waals surface area (Å²) in [5.41, 5.74) is 4.68. The number of fused-ring (bicyclic) bond motifs is 1. The number of hydrogen-bond acceptors (Lipinski definition) is 4. The zero-order valence-electron chi connectivity index (χ0n) is 18.6. The highest BCUT2D eigenvalue weighted by Gasteiger charge is 2.30. The van der Waals surface area contributed by atoms with E-state index in [4.69, 9.17) is 4.42 Å². The third-order valence-electron chi connectivity index (χ3n) is 6.19. The molecule has 3 aromatic rings. The molecule has 4 rings (SSSR count). The van der Waals surface area contributed by atoms with Crippen LogP contribution in [0.25, 0.3) is 11.0 Å². The van der Waals surface area contributed by atoms with Crippen LogP contribution in [0.3, 0.4) is 0 Å². The summed E-state index contributed by atoms with van der Waals surface area (Å²) in [7, 11) is -3.95. The molecule has 2 heterocycles. The van der Waals surface area contributed by atoms with Crippen LogP contribution in [-0.2, 0) is 10.0 Å². The van der Waals surface area contributed by atoms with E-state index in [1.807, 2.05) is 52.0 Å². The number of furan rings is 1. The van der Waals surface area contributed by atoms with Crippen molar-refractivity contribution in [3.05, 3.63) is 57.8 Å². The van der Waals surface area contributed by atoms with Crippen molar-refractivity contribution in [3.63, 3.8) is 0 Å². The normalized spacial score (nSPS) is 14.4. The van der Waals surface area contributed by atoms with Crippen molar-refractivity contribution in [3.8, 4) is 0 Å². The van der Waals surface area contributed by atoms with Gasteiger partial charge in [0.05, 0.1) is 5.69 Å². The van der Waals surface area contributed by atoms with Crippen LogP contribution in [0.5, 0.6) is 0 Å². The molecular weight excluding hydrogens is 412 g/mol. The van der Waals surface area contributed by atoms with Crippen LogP contribution in [0, 0.1) is 34.6 Å². The monoisotopic (exact) mass is 440 g/mol. The van der Waals surface area contributed by atoms with E-state index in [1.54, 1.807) is 11.8 Å². The van der Waals surface area contributed by atoms with Crippen molar-refractivity contribution in [2.45, 2.75) is 52.4 Å². The smallest absolute Gasteiger partial charge is 0.289 e. The standard InChI is InChI=1S/C24H28N2O4S/c1-14-8-9-15(2)20(12-14)25-31(28,29)23-17(4)16(3)13-19-18(5)21(30-22(19)23)24(27)26-10-6-7-11-26/h8-9,12-13,25H,6-7,10-11H2,1-5H3. The fraction of sp³-hybridized carbons (Fsp3) is 0.375. The average molecular weight is 441 g/mol. The van der Waals surface area contributed by atoms with Gasteiger partial charge in [-0.3, -0.25) is 9.52 Å². The summed E-state index contributed by atoms with van der Waals surface area (Å²) in [6.45, 7) is 10.6. The Kier molecular flexibility index (Phi) is 5.33. The molecular formula is C24H28N2O4S. The zero-order chi connectivity index (χ0) is 22.5. The molecule has 1 saturated heterocycles. The van der Waals surface area contributed by atoms with Gasteiger partial charge in [0.15, 0.2) is 11.3 Å². The first-order chi connectivity index (χ1) is 14.6. The van der Waals surface area contributed by atoms with Crippen molar-refractivity contribution in [2.75, 3.05) is 17.8 Å². The number of benzene rings is 2. The number of carbonyl (C=O) groups is 1. The van der Waals surface area contributed by atoms with Gasteiger partial charge in [0.1, 0.15) is 4.90 Å². The second-order valence-electron chi connectivity index (χ2n) is 8.50. The Labute approximate surface area is 183 Å². The molecule has 1 aliphatic rings. The van der Waals surface area contributed by atoms with E-state index < -0.39 is 10.0 Å². The molecule has 0 atom stereocenters. The zero-order valence-corrected chi connectivity index (χ0v) is 19.4. The predicted molar refractivity (Wildman–Crippen MR) is 122 cm³/mol. The maximum Gasteiger partial charge on any atom is 0.289 e. The summed E-state index contributed by atoms with van der Waals surface area (Å²) in [5, 5.41) is 0.659. The summed E-state index contributed by atoms with van der Waals surface area (Å²) < 4.78 is 35.8. The Bertz CT molecular complexity index is 1300. The van der Waals surface area contributed by atoms with E-state index >= 15 is 0 Å². The highest BCUT2D eigenvalue weighted by atomic mass is 32.2. The first-order valence-corrected chi connectivity index (χ1v) is 12.0. The summed E-state index contributed by atoms with van der Waals surface area (Å²) in [6, 6.07) is 7.54. The Balaban J connectivity index is 1.88. The third-order valence-corrected chi connectivity index (χ3v) is 7.70. The molecule has 0 radical (unpaired) electrons. The average Bonchev–Trinajstić information content (AvgIpc) is 3.34. The summed E-state index contributed by atoms with van der Waals surface area (Å²) in [6.07, 6.45) is 1.95. The van der Waals surface area contributed by atoms with Crippen LogP contribution in [0.4, 0.5) is 5.69 Å². The van der Waals surface area contributed by atoms with Crippen LogP contribution in [0.2, 0.25) is 0 Å². The Hall–Kier alpha value is -2.80. The molecule has 31 heavy (non-hydrogen) atoms. The van der Waals surface area contributed by atoms with E-state index in [0.29, 0.717) is 35.3 Å². The number of nitrogens with one attached hydrogen (secondary N) is 1. The molecule has 6 nitrogen and oxygen atoms in total.